The molecule has 0 atom stereocenters. The number of nitrogens with zero attached hydrogens (tertiary/aromatic N) is 2. The van der Waals surface area contributed by atoms with Crippen molar-refractivity contribution >= 4 is 68.9 Å². The molecule has 0 spiro atoms. The molecule has 134 valence electrons. The van der Waals surface area contributed by atoms with Crippen LogP contribution in [0, 0.1) is 3.95 Å². The average molecular weight is 458 g/mol. The molecule has 27 heavy (non-hydrogen) atoms. The van der Waals surface area contributed by atoms with Crippen LogP contribution in [0.4, 0.5) is 5.69 Å². The van der Waals surface area contributed by atoms with Crippen molar-refractivity contribution in [3.8, 4) is 5.88 Å². The minimum Gasteiger partial charge on any atom is -0.492 e. The Labute approximate surface area is 172 Å². The predicted octanol–water partition coefficient (Wildman–Crippen LogP) is 5.39. The first-order chi connectivity index (χ1) is 13.0. The predicted molar refractivity (Wildman–Crippen MR) is 115 cm³/mol. The second-order valence-corrected chi connectivity index (χ2v) is 8.31. The smallest absolute Gasteiger partial charge is 0.270 e. The largest absolute Gasteiger partial charge is 0.492 e. The van der Waals surface area contributed by atoms with Gasteiger partial charge in [-0.1, -0.05) is 45.5 Å². The summed E-state index contributed by atoms with van der Waals surface area (Å²) in [6.07, 6.45) is 3.56. The van der Waals surface area contributed by atoms with Crippen LogP contribution in [0.15, 0.2) is 58.0 Å². The van der Waals surface area contributed by atoms with Crippen LogP contribution in [-0.2, 0) is 0 Å². The standard InChI is InChI=1S/C19H12BrN3O2S2/c20-13-7-5-11(6-8-13)17(24)22-23-18(25)16(27-19(23)26)9-12-10-21-15-4-2-1-3-14(12)15/h1-10,25H,(H,22,24)/b12-9+. The minimum absolute atomic E-state index is 0.110. The summed E-state index contributed by atoms with van der Waals surface area (Å²) >= 11 is 9.85. The van der Waals surface area contributed by atoms with Crippen molar-refractivity contribution in [2.24, 2.45) is 4.99 Å². The number of thiazole rings is 1. The Bertz CT molecular complexity index is 1160. The van der Waals surface area contributed by atoms with E-state index in [0.717, 1.165) is 21.3 Å². The molecule has 8 heteroatoms. The first-order valence-electron chi connectivity index (χ1n) is 7.90. The summed E-state index contributed by atoms with van der Waals surface area (Å²) in [7, 11) is 0. The van der Waals surface area contributed by atoms with Crippen molar-refractivity contribution in [3.63, 3.8) is 0 Å². The molecule has 0 saturated heterocycles. The molecule has 1 aliphatic rings. The van der Waals surface area contributed by atoms with Gasteiger partial charge in [0.15, 0.2) is 3.95 Å². The van der Waals surface area contributed by atoms with E-state index in [1.54, 1.807) is 30.5 Å². The molecule has 5 nitrogen and oxygen atoms in total. The van der Waals surface area contributed by atoms with Crippen LogP contribution in [0.25, 0.3) is 11.6 Å². The van der Waals surface area contributed by atoms with E-state index in [-0.39, 0.29) is 11.8 Å². The van der Waals surface area contributed by atoms with E-state index in [1.807, 2.05) is 30.3 Å². The number of benzene rings is 2. The van der Waals surface area contributed by atoms with Crippen LogP contribution in [0.2, 0.25) is 0 Å². The summed E-state index contributed by atoms with van der Waals surface area (Å²) in [5.41, 5.74) is 5.85. The van der Waals surface area contributed by atoms with Crippen molar-refractivity contribution in [2.45, 2.75) is 0 Å². The second-order valence-electron chi connectivity index (χ2n) is 5.71. The van der Waals surface area contributed by atoms with Gasteiger partial charge in [0.1, 0.15) is 0 Å². The highest BCUT2D eigenvalue weighted by atomic mass is 79.9. The number of rotatable bonds is 3. The highest BCUT2D eigenvalue weighted by Gasteiger charge is 2.17. The average Bonchev–Trinajstić information content (AvgIpc) is 3.19. The van der Waals surface area contributed by atoms with Crippen LogP contribution in [0.1, 0.15) is 20.8 Å². The molecule has 0 fully saturated rings. The molecule has 0 saturated carbocycles. The van der Waals surface area contributed by atoms with Crippen molar-refractivity contribution < 1.29 is 9.90 Å². The van der Waals surface area contributed by atoms with Crippen molar-refractivity contribution in [1.82, 2.24) is 4.68 Å². The number of carbonyl (C=O) groups is 1. The third kappa shape index (κ3) is 3.51. The molecule has 0 radical (unpaired) electrons. The lowest BCUT2D eigenvalue weighted by molar-refractivity contribution is 0.101. The van der Waals surface area contributed by atoms with Gasteiger partial charge in [0.2, 0.25) is 5.88 Å². The molecule has 2 heterocycles. The van der Waals surface area contributed by atoms with Gasteiger partial charge in [0.05, 0.1) is 10.6 Å². The molecular formula is C19H12BrN3O2S2. The van der Waals surface area contributed by atoms with E-state index >= 15 is 0 Å². The Balaban J connectivity index is 1.64. The number of para-hydroxylation sites is 1. The Hall–Kier alpha value is -2.55. The zero-order chi connectivity index (χ0) is 19.0. The van der Waals surface area contributed by atoms with E-state index in [1.165, 1.54) is 16.0 Å². The number of nitrogens with one attached hydrogen (secondary N) is 1. The summed E-state index contributed by atoms with van der Waals surface area (Å²) in [5.74, 6) is -0.473. The number of hydrogen-bond acceptors (Lipinski definition) is 5. The zero-order valence-electron chi connectivity index (χ0n) is 13.7. The summed E-state index contributed by atoms with van der Waals surface area (Å²) < 4.78 is 2.43. The molecule has 1 aromatic heterocycles. The summed E-state index contributed by atoms with van der Waals surface area (Å²) in [6.45, 7) is 0. The maximum absolute atomic E-state index is 12.4. The van der Waals surface area contributed by atoms with Gasteiger partial charge in [-0.05, 0) is 48.6 Å². The number of aromatic nitrogens is 1. The molecule has 4 rings (SSSR count). The molecule has 1 aliphatic heterocycles. The number of aliphatic imine (C=N–C) groups is 1. The van der Waals surface area contributed by atoms with Gasteiger partial charge in [-0.2, -0.15) is 4.68 Å². The topological polar surface area (TPSA) is 66.6 Å². The fourth-order valence-electron chi connectivity index (χ4n) is 2.64. The summed E-state index contributed by atoms with van der Waals surface area (Å²) in [4.78, 5) is 17.3. The van der Waals surface area contributed by atoms with Gasteiger partial charge in [-0.25, -0.2) is 0 Å². The van der Waals surface area contributed by atoms with Crippen LogP contribution < -0.4 is 5.43 Å². The number of aromatic hydroxyl groups is 1. The normalized spacial score (nSPS) is 13.7. The van der Waals surface area contributed by atoms with Crippen molar-refractivity contribution in [2.75, 3.05) is 5.43 Å². The number of fused-ring (bicyclic) bond motifs is 1. The maximum atomic E-state index is 12.4. The third-order valence-corrected chi connectivity index (χ3v) is 5.81. The number of carbonyl (C=O) groups excluding carboxylic acids is 1. The number of hydrogen-bond donors (Lipinski definition) is 2. The zero-order valence-corrected chi connectivity index (χ0v) is 16.9. The highest BCUT2D eigenvalue weighted by Crippen LogP contribution is 2.35. The number of allylic oxidation sites excluding steroid dienone is 1. The van der Waals surface area contributed by atoms with Gasteiger partial charge in [-0.15, -0.1) is 0 Å². The van der Waals surface area contributed by atoms with Crippen LogP contribution in [0.5, 0.6) is 5.88 Å². The number of halogens is 1. The quantitative estimate of drug-likeness (QED) is 0.518. The number of amides is 1. The highest BCUT2D eigenvalue weighted by molar-refractivity contribution is 9.10. The van der Waals surface area contributed by atoms with Crippen LogP contribution in [-0.4, -0.2) is 21.9 Å². The Morgan fingerprint density at radius 2 is 1.96 bits per heavy atom. The Kier molecular flexibility index (Phi) is 4.77. The molecule has 0 bridgehead atoms. The lowest BCUT2D eigenvalue weighted by atomic mass is 10.1. The van der Waals surface area contributed by atoms with E-state index in [4.69, 9.17) is 12.2 Å². The third-order valence-electron chi connectivity index (χ3n) is 3.98. The van der Waals surface area contributed by atoms with Gasteiger partial charge >= 0.3 is 0 Å². The van der Waals surface area contributed by atoms with Crippen molar-refractivity contribution in [3.05, 3.63) is 73.0 Å². The van der Waals surface area contributed by atoms with E-state index in [0.29, 0.717) is 14.4 Å². The lowest BCUT2D eigenvalue weighted by Gasteiger charge is -2.07. The van der Waals surface area contributed by atoms with Gasteiger partial charge < -0.3 is 5.11 Å². The van der Waals surface area contributed by atoms with Crippen molar-refractivity contribution in [1.29, 1.82) is 0 Å². The monoisotopic (exact) mass is 457 g/mol. The van der Waals surface area contributed by atoms with E-state index < -0.39 is 0 Å². The molecule has 3 aromatic rings. The Morgan fingerprint density at radius 1 is 1.22 bits per heavy atom. The van der Waals surface area contributed by atoms with Gasteiger partial charge in [0.25, 0.3) is 5.91 Å². The SMILES string of the molecule is O=C(Nn1c(O)c(/C=C2\C=Nc3ccccc32)sc1=S)c1ccc(Br)cc1. The lowest BCUT2D eigenvalue weighted by Crippen LogP contribution is -2.22. The molecule has 0 aliphatic carbocycles. The fraction of sp³-hybridized carbons (Fsp3) is 0. The van der Waals surface area contributed by atoms with Crippen LogP contribution >= 0.6 is 39.5 Å². The van der Waals surface area contributed by atoms with E-state index in [2.05, 4.69) is 26.3 Å². The molecule has 2 N–H and O–H groups in total. The summed E-state index contributed by atoms with van der Waals surface area (Å²) in [6, 6.07) is 14.7. The molecule has 2 aromatic carbocycles. The maximum Gasteiger partial charge on any atom is 0.270 e. The first-order valence-corrected chi connectivity index (χ1v) is 9.91. The molecular weight excluding hydrogens is 446 g/mol. The Morgan fingerprint density at radius 3 is 2.74 bits per heavy atom. The fourth-order valence-corrected chi connectivity index (χ4v) is 4.08. The van der Waals surface area contributed by atoms with Crippen LogP contribution in [0.3, 0.4) is 0 Å². The minimum atomic E-state index is -0.362. The van der Waals surface area contributed by atoms with Gasteiger partial charge in [-0.3, -0.25) is 15.2 Å². The van der Waals surface area contributed by atoms with Gasteiger partial charge in [0, 0.05) is 27.4 Å². The van der Waals surface area contributed by atoms with E-state index in [9.17, 15) is 9.90 Å². The molecule has 1 amide bonds. The first kappa shape index (κ1) is 17.8. The summed E-state index contributed by atoms with van der Waals surface area (Å²) in [5, 5.41) is 10.6. The molecule has 0 unspecified atom stereocenters. The second kappa shape index (κ2) is 7.22.